The summed E-state index contributed by atoms with van der Waals surface area (Å²) in [6.07, 6.45) is 6.94. The van der Waals surface area contributed by atoms with Crippen molar-refractivity contribution >= 4 is 11.1 Å². The third kappa shape index (κ3) is 3.52. The van der Waals surface area contributed by atoms with E-state index < -0.39 is 16.7 Å². The molecule has 0 bridgehead atoms. The predicted molar refractivity (Wildman–Crippen MR) is 57.2 cm³/mol. The van der Waals surface area contributed by atoms with Crippen molar-refractivity contribution in [2.24, 2.45) is 0 Å². The van der Waals surface area contributed by atoms with Gasteiger partial charge >= 0.3 is 0 Å². The Hall–Kier alpha value is -0.190. The van der Waals surface area contributed by atoms with Gasteiger partial charge in [-0.05, 0) is 32.1 Å². The molecule has 0 heterocycles. The van der Waals surface area contributed by atoms with Gasteiger partial charge < -0.3 is 5.11 Å². The van der Waals surface area contributed by atoms with E-state index in [0.717, 1.165) is 12.8 Å². The van der Waals surface area contributed by atoms with E-state index in [-0.39, 0.29) is 6.10 Å². The van der Waals surface area contributed by atoms with Crippen molar-refractivity contribution in [3.63, 3.8) is 0 Å². The zero-order valence-electron chi connectivity index (χ0n) is 8.57. The van der Waals surface area contributed by atoms with Gasteiger partial charge in [0.1, 0.15) is 0 Å². The number of rotatable bonds is 4. The van der Waals surface area contributed by atoms with E-state index >= 15 is 0 Å². The molecule has 1 unspecified atom stereocenters. The Morgan fingerprint density at radius 1 is 1.64 bits per heavy atom. The van der Waals surface area contributed by atoms with Gasteiger partial charge in [-0.2, -0.15) is 0 Å². The second-order valence-corrected chi connectivity index (χ2v) is 4.91. The molecule has 1 rings (SSSR count). The normalized spacial score (nSPS) is 35.1. The van der Waals surface area contributed by atoms with Crippen molar-refractivity contribution in [3.05, 3.63) is 12.7 Å². The standard InChI is InChI=1S/C10H18O3S/c1-3-6-10(11)7-4-9(5-8-10)13-14(2)12/h3,9,11H,1,4-8H2,2H3. The van der Waals surface area contributed by atoms with Gasteiger partial charge in [0.2, 0.25) is 0 Å². The molecule has 4 heteroatoms. The summed E-state index contributed by atoms with van der Waals surface area (Å²) in [5.41, 5.74) is -0.600. The molecule has 1 fully saturated rings. The van der Waals surface area contributed by atoms with E-state index in [4.69, 9.17) is 4.18 Å². The van der Waals surface area contributed by atoms with Crippen LogP contribution in [0.4, 0.5) is 0 Å². The zero-order chi connectivity index (χ0) is 10.6. The Morgan fingerprint density at radius 2 is 2.21 bits per heavy atom. The topological polar surface area (TPSA) is 46.5 Å². The van der Waals surface area contributed by atoms with E-state index in [2.05, 4.69) is 6.58 Å². The fraction of sp³-hybridized carbons (Fsp3) is 0.800. The average molecular weight is 218 g/mol. The van der Waals surface area contributed by atoms with Gasteiger partial charge in [-0.3, -0.25) is 4.18 Å². The van der Waals surface area contributed by atoms with Crippen molar-refractivity contribution in [2.45, 2.75) is 43.8 Å². The van der Waals surface area contributed by atoms with Crippen LogP contribution in [0.15, 0.2) is 12.7 Å². The predicted octanol–water partition coefficient (Wildman–Crippen LogP) is 1.55. The quantitative estimate of drug-likeness (QED) is 0.728. The largest absolute Gasteiger partial charge is 0.390 e. The number of hydrogen-bond acceptors (Lipinski definition) is 3. The van der Waals surface area contributed by atoms with Crippen LogP contribution in [0.5, 0.6) is 0 Å². The summed E-state index contributed by atoms with van der Waals surface area (Å²) in [5, 5.41) is 10.0. The maximum absolute atomic E-state index is 10.8. The smallest absolute Gasteiger partial charge is 0.152 e. The van der Waals surface area contributed by atoms with Crippen LogP contribution in [0.3, 0.4) is 0 Å². The highest BCUT2D eigenvalue weighted by Gasteiger charge is 2.32. The molecule has 1 aliphatic carbocycles. The third-order valence-corrected chi connectivity index (χ3v) is 3.20. The molecule has 0 aromatic heterocycles. The van der Waals surface area contributed by atoms with Crippen LogP contribution in [0.25, 0.3) is 0 Å². The van der Waals surface area contributed by atoms with Gasteiger partial charge in [0.25, 0.3) is 0 Å². The minimum absolute atomic E-state index is 0.0472. The Morgan fingerprint density at radius 3 is 2.64 bits per heavy atom. The molecule has 0 saturated heterocycles. The van der Waals surface area contributed by atoms with E-state index in [1.165, 1.54) is 6.26 Å². The van der Waals surface area contributed by atoms with E-state index in [9.17, 15) is 9.32 Å². The van der Waals surface area contributed by atoms with Gasteiger partial charge in [-0.1, -0.05) is 6.08 Å². The van der Waals surface area contributed by atoms with Crippen molar-refractivity contribution < 1.29 is 13.5 Å². The summed E-state index contributed by atoms with van der Waals surface area (Å²) < 4.78 is 16.0. The highest BCUT2D eigenvalue weighted by atomic mass is 32.2. The lowest BCUT2D eigenvalue weighted by Crippen LogP contribution is -2.36. The van der Waals surface area contributed by atoms with Crippen molar-refractivity contribution in [3.8, 4) is 0 Å². The maximum atomic E-state index is 10.8. The summed E-state index contributed by atoms with van der Waals surface area (Å²) >= 11 is -1.19. The fourth-order valence-electron chi connectivity index (χ4n) is 1.89. The van der Waals surface area contributed by atoms with Crippen LogP contribution in [0, 0.1) is 0 Å². The van der Waals surface area contributed by atoms with Crippen LogP contribution < -0.4 is 0 Å². The van der Waals surface area contributed by atoms with Gasteiger partial charge in [0, 0.05) is 6.26 Å². The molecule has 1 saturated carbocycles. The molecule has 0 spiro atoms. The Kier molecular flexibility index (Phi) is 4.29. The summed E-state index contributed by atoms with van der Waals surface area (Å²) in [4.78, 5) is 0. The zero-order valence-corrected chi connectivity index (χ0v) is 9.39. The Bertz CT molecular complexity index is 219. The third-order valence-electron chi connectivity index (χ3n) is 2.66. The molecular formula is C10H18O3S. The molecule has 1 N–H and O–H groups in total. The Balaban J connectivity index is 2.37. The fourth-order valence-corrected chi connectivity index (χ4v) is 2.47. The molecule has 0 aromatic carbocycles. The highest BCUT2D eigenvalue weighted by Crippen LogP contribution is 2.32. The van der Waals surface area contributed by atoms with E-state index in [1.807, 2.05) is 0 Å². The number of aliphatic hydroxyl groups is 1. The summed E-state index contributed by atoms with van der Waals surface area (Å²) in [6, 6.07) is 0. The molecule has 0 radical (unpaired) electrons. The molecule has 14 heavy (non-hydrogen) atoms. The average Bonchev–Trinajstić information content (AvgIpc) is 2.09. The monoisotopic (exact) mass is 218 g/mol. The van der Waals surface area contributed by atoms with Gasteiger partial charge in [0.15, 0.2) is 11.1 Å². The number of hydrogen-bond donors (Lipinski definition) is 1. The first-order valence-electron chi connectivity index (χ1n) is 4.89. The van der Waals surface area contributed by atoms with Crippen LogP contribution >= 0.6 is 0 Å². The lowest BCUT2D eigenvalue weighted by molar-refractivity contribution is -0.0206. The van der Waals surface area contributed by atoms with Crippen LogP contribution in [0.1, 0.15) is 32.1 Å². The van der Waals surface area contributed by atoms with Gasteiger partial charge in [-0.15, -0.1) is 6.58 Å². The molecular weight excluding hydrogens is 200 g/mol. The van der Waals surface area contributed by atoms with E-state index in [0.29, 0.717) is 19.3 Å². The molecule has 1 aliphatic rings. The van der Waals surface area contributed by atoms with Crippen molar-refractivity contribution in [1.82, 2.24) is 0 Å². The summed E-state index contributed by atoms with van der Waals surface area (Å²) in [7, 11) is 0. The van der Waals surface area contributed by atoms with Crippen molar-refractivity contribution in [1.29, 1.82) is 0 Å². The lowest BCUT2D eigenvalue weighted by atomic mass is 9.81. The molecule has 0 aliphatic heterocycles. The van der Waals surface area contributed by atoms with Gasteiger partial charge in [0.05, 0.1) is 11.7 Å². The van der Waals surface area contributed by atoms with Crippen LogP contribution in [-0.4, -0.2) is 27.3 Å². The first kappa shape index (κ1) is 11.9. The SMILES string of the molecule is C=CCC1(O)CCC(OS(C)=O)CC1. The Labute approximate surface area is 87.8 Å². The van der Waals surface area contributed by atoms with Crippen molar-refractivity contribution in [2.75, 3.05) is 6.26 Å². The molecule has 0 aromatic rings. The summed E-state index contributed by atoms with van der Waals surface area (Å²) in [5.74, 6) is 0. The molecule has 3 nitrogen and oxygen atoms in total. The highest BCUT2D eigenvalue weighted by molar-refractivity contribution is 7.79. The minimum Gasteiger partial charge on any atom is -0.390 e. The second-order valence-electron chi connectivity index (χ2n) is 3.91. The van der Waals surface area contributed by atoms with Gasteiger partial charge in [-0.25, -0.2) is 4.21 Å². The van der Waals surface area contributed by atoms with Crippen LogP contribution in [0.2, 0.25) is 0 Å². The molecule has 0 amide bonds. The minimum atomic E-state index is -1.19. The maximum Gasteiger partial charge on any atom is 0.152 e. The second kappa shape index (κ2) is 5.05. The summed E-state index contributed by atoms with van der Waals surface area (Å²) in [6.45, 7) is 3.63. The lowest BCUT2D eigenvalue weighted by Gasteiger charge is -2.34. The first-order chi connectivity index (χ1) is 6.56. The van der Waals surface area contributed by atoms with E-state index in [1.54, 1.807) is 6.08 Å². The molecule has 82 valence electrons. The first-order valence-corrected chi connectivity index (χ1v) is 6.38. The molecule has 1 atom stereocenters. The van der Waals surface area contributed by atoms with Crippen LogP contribution in [-0.2, 0) is 15.3 Å².